The summed E-state index contributed by atoms with van der Waals surface area (Å²) in [7, 11) is -3.62. The minimum atomic E-state index is -3.62. The number of thiophene rings is 1. The van der Waals surface area contributed by atoms with Gasteiger partial charge in [-0.1, -0.05) is 23.2 Å². The van der Waals surface area contributed by atoms with Crippen molar-refractivity contribution in [3.8, 4) is 0 Å². The first-order chi connectivity index (χ1) is 9.49. The van der Waals surface area contributed by atoms with E-state index in [0.717, 1.165) is 37.3 Å². The summed E-state index contributed by atoms with van der Waals surface area (Å²) in [4.78, 5) is 0.0241. The zero-order valence-corrected chi connectivity index (χ0v) is 13.8. The third-order valence-corrected chi connectivity index (χ3v) is 6.16. The number of hydrogen-bond acceptors (Lipinski definition) is 5. The molecule has 1 aromatic rings. The van der Waals surface area contributed by atoms with E-state index >= 15 is 0 Å². The van der Waals surface area contributed by atoms with E-state index in [9.17, 15) is 8.42 Å². The molecule has 2 rings (SSSR count). The Morgan fingerprint density at radius 3 is 2.70 bits per heavy atom. The lowest BCUT2D eigenvalue weighted by atomic mass is 10.1. The average molecular weight is 359 g/mol. The molecule has 0 aliphatic carbocycles. The van der Waals surface area contributed by atoms with Crippen LogP contribution in [0.4, 0.5) is 0 Å². The van der Waals surface area contributed by atoms with Crippen molar-refractivity contribution in [1.29, 1.82) is 0 Å². The minimum Gasteiger partial charge on any atom is -0.377 e. The van der Waals surface area contributed by atoms with Gasteiger partial charge in [0.1, 0.15) is 9.23 Å². The molecular formula is C11H16Cl2N2O3S2. The maximum atomic E-state index is 12.0. The molecule has 2 heterocycles. The van der Waals surface area contributed by atoms with Gasteiger partial charge in [0.05, 0.1) is 17.0 Å². The summed E-state index contributed by atoms with van der Waals surface area (Å²) >= 11 is 12.6. The Labute approximate surface area is 132 Å². The van der Waals surface area contributed by atoms with Crippen molar-refractivity contribution in [2.45, 2.75) is 23.8 Å². The van der Waals surface area contributed by atoms with Crippen LogP contribution in [0, 0.1) is 0 Å². The highest BCUT2D eigenvalue weighted by atomic mass is 35.5. The first kappa shape index (κ1) is 16.5. The molecule has 0 radical (unpaired) electrons. The zero-order chi connectivity index (χ0) is 14.6. The van der Waals surface area contributed by atoms with Crippen LogP contribution in [0.25, 0.3) is 0 Å². The first-order valence-corrected chi connectivity index (χ1v) is 9.31. The molecule has 0 aromatic carbocycles. The lowest BCUT2D eigenvalue weighted by molar-refractivity contribution is 0.0367. The molecule has 0 atom stereocenters. The van der Waals surface area contributed by atoms with Gasteiger partial charge in [-0.05, 0) is 32.0 Å². The maximum absolute atomic E-state index is 12.0. The molecule has 1 aliphatic heterocycles. The van der Waals surface area contributed by atoms with Gasteiger partial charge in [0.2, 0.25) is 10.0 Å². The number of rotatable bonds is 6. The normalized spacial score (nSPS) is 17.5. The molecule has 1 aromatic heterocycles. The van der Waals surface area contributed by atoms with Gasteiger partial charge < -0.3 is 10.1 Å². The zero-order valence-electron chi connectivity index (χ0n) is 10.7. The molecule has 2 N–H and O–H groups in total. The number of sulfonamides is 1. The Balaban J connectivity index is 1.79. The van der Waals surface area contributed by atoms with Crippen molar-refractivity contribution in [3.05, 3.63) is 14.7 Å². The number of hydrogen-bond donors (Lipinski definition) is 2. The van der Waals surface area contributed by atoms with Crippen LogP contribution >= 0.6 is 34.5 Å². The van der Waals surface area contributed by atoms with E-state index in [1.165, 1.54) is 6.07 Å². The lowest BCUT2D eigenvalue weighted by Gasteiger charge is -2.22. The summed E-state index contributed by atoms with van der Waals surface area (Å²) in [5.41, 5.74) is 0. The van der Waals surface area contributed by atoms with Gasteiger partial charge in [0, 0.05) is 6.54 Å². The maximum Gasteiger partial charge on any atom is 0.243 e. The van der Waals surface area contributed by atoms with E-state index in [0.29, 0.717) is 10.9 Å². The van der Waals surface area contributed by atoms with Crippen LogP contribution in [0.3, 0.4) is 0 Å². The Morgan fingerprint density at radius 2 is 2.10 bits per heavy atom. The molecule has 1 saturated heterocycles. The quantitative estimate of drug-likeness (QED) is 0.764. The minimum absolute atomic E-state index is 0.0241. The fraction of sp³-hybridized carbons (Fsp3) is 0.636. The predicted molar refractivity (Wildman–Crippen MR) is 81.4 cm³/mol. The van der Waals surface area contributed by atoms with E-state index < -0.39 is 10.0 Å². The third-order valence-electron chi connectivity index (χ3n) is 2.95. The summed E-state index contributed by atoms with van der Waals surface area (Å²) in [6.45, 7) is 2.45. The van der Waals surface area contributed by atoms with Gasteiger partial charge >= 0.3 is 0 Å². The van der Waals surface area contributed by atoms with Gasteiger partial charge in [-0.3, -0.25) is 0 Å². The van der Waals surface area contributed by atoms with Crippen molar-refractivity contribution >= 4 is 44.6 Å². The molecule has 0 saturated carbocycles. The van der Waals surface area contributed by atoms with Crippen LogP contribution in [0.5, 0.6) is 0 Å². The predicted octanol–water partition coefficient (Wildman–Crippen LogP) is 2.10. The Bertz CT molecular complexity index is 542. The van der Waals surface area contributed by atoms with Crippen molar-refractivity contribution in [2.24, 2.45) is 0 Å². The second-order valence-electron chi connectivity index (χ2n) is 4.41. The number of halogens is 2. The highest BCUT2D eigenvalue weighted by Crippen LogP contribution is 2.33. The van der Waals surface area contributed by atoms with E-state index in [2.05, 4.69) is 10.0 Å². The molecule has 1 aliphatic rings. The van der Waals surface area contributed by atoms with E-state index in [1.807, 2.05) is 0 Å². The molecule has 5 nitrogen and oxygen atoms in total. The van der Waals surface area contributed by atoms with Gasteiger partial charge in [-0.25, -0.2) is 13.1 Å². The molecule has 0 spiro atoms. The molecule has 114 valence electrons. The summed E-state index contributed by atoms with van der Waals surface area (Å²) in [5, 5.41) is 3.24. The second-order valence-corrected chi connectivity index (χ2v) is 8.43. The number of piperidine rings is 1. The van der Waals surface area contributed by atoms with Gasteiger partial charge in [-0.2, -0.15) is 0 Å². The number of ether oxygens (including phenoxy) is 1. The van der Waals surface area contributed by atoms with Gasteiger partial charge in [-0.15, -0.1) is 11.3 Å². The van der Waals surface area contributed by atoms with Gasteiger partial charge in [0.25, 0.3) is 0 Å². The third kappa shape index (κ3) is 4.56. The van der Waals surface area contributed by atoms with Crippen LogP contribution < -0.4 is 10.0 Å². The summed E-state index contributed by atoms with van der Waals surface area (Å²) in [6.07, 6.45) is 2.12. The van der Waals surface area contributed by atoms with Crippen molar-refractivity contribution in [2.75, 3.05) is 26.2 Å². The van der Waals surface area contributed by atoms with Crippen LogP contribution in [0.2, 0.25) is 8.67 Å². The van der Waals surface area contributed by atoms with Crippen molar-refractivity contribution in [3.63, 3.8) is 0 Å². The highest BCUT2D eigenvalue weighted by molar-refractivity contribution is 7.89. The van der Waals surface area contributed by atoms with E-state index in [1.54, 1.807) is 0 Å². The Hall–Kier alpha value is 0.110. The lowest BCUT2D eigenvalue weighted by Crippen LogP contribution is -2.34. The largest absolute Gasteiger partial charge is 0.377 e. The topological polar surface area (TPSA) is 67.4 Å². The first-order valence-electron chi connectivity index (χ1n) is 6.26. The molecule has 0 unspecified atom stereocenters. The SMILES string of the molecule is O=S(=O)(NCCOC1CCNCC1)c1cc(Cl)sc1Cl. The fourth-order valence-corrected chi connectivity index (χ4v) is 5.11. The summed E-state index contributed by atoms with van der Waals surface area (Å²) in [6, 6.07) is 1.35. The molecule has 9 heteroatoms. The van der Waals surface area contributed by atoms with E-state index in [-0.39, 0.29) is 21.9 Å². The smallest absolute Gasteiger partial charge is 0.243 e. The average Bonchev–Trinajstić information content (AvgIpc) is 2.76. The second kappa shape index (κ2) is 7.40. The summed E-state index contributed by atoms with van der Waals surface area (Å²) < 4.78 is 32.6. The van der Waals surface area contributed by atoms with E-state index in [4.69, 9.17) is 27.9 Å². The summed E-state index contributed by atoms with van der Waals surface area (Å²) in [5.74, 6) is 0. The van der Waals surface area contributed by atoms with Crippen molar-refractivity contribution in [1.82, 2.24) is 10.0 Å². The monoisotopic (exact) mass is 358 g/mol. The molecular weight excluding hydrogens is 343 g/mol. The molecule has 0 amide bonds. The van der Waals surface area contributed by atoms with Crippen LogP contribution in [-0.2, 0) is 14.8 Å². The van der Waals surface area contributed by atoms with Crippen LogP contribution in [0.15, 0.2) is 11.0 Å². The Morgan fingerprint density at radius 1 is 1.40 bits per heavy atom. The highest BCUT2D eigenvalue weighted by Gasteiger charge is 2.20. The van der Waals surface area contributed by atoms with Crippen LogP contribution in [0.1, 0.15) is 12.8 Å². The number of nitrogens with one attached hydrogen (secondary N) is 2. The standard InChI is InChI=1S/C11H16Cl2N2O3S2/c12-10-7-9(11(13)19-10)20(16,17)15-5-6-18-8-1-3-14-4-2-8/h7-8,14-15H,1-6H2. The van der Waals surface area contributed by atoms with Gasteiger partial charge in [0.15, 0.2) is 0 Å². The fourth-order valence-electron chi connectivity index (χ4n) is 1.95. The molecule has 20 heavy (non-hydrogen) atoms. The molecule has 0 bridgehead atoms. The van der Waals surface area contributed by atoms with Crippen LogP contribution in [-0.4, -0.2) is 40.8 Å². The molecule has 1 fully saturated rings. The Kier molecular flexibility index (Phi) is 6.09. The van der Waals surface area contributed by atoms with Crippen molar-refractivity contribution < 1.29 is 13.2 Å².